The van der Waals surface area contributed by atoms with E-state index in [0.29, 0.717) is 37.3 Å². The van der Waals surface area contributed by atoms with E-state index in [1.54, 1.807) is 26.0 Å². The number of nitrogens with one attached hydrogen (secondary N) is 1. The fourth-order valence-electron chi connectivity index (χ4n) is 3.90. The van der Waals surface area contributed by atoms with Gasteiger partial charge in [0.25, 0.3) is 0 Å². The number of ether oxygens (including phenoxy) is 4. The van der Waals surface area contributed by atoms with Gasteiger partial charge in [0.05, 0.1) is 19.1 Å². The summed E-state index contributed by atoms with van der Waals surface area (Å²) in [6.45, 7) is 4.08. The van der Waals surface area contributed by atoms with Gasteiger partial charge in [0.1, 0.15) is 43.4 Å². The largest absolute Gasteiger partial charge is 0.613 e. The van der Waals surface area contributed by atoms with Crippen molar-refractivity contribution in [2.45, 2.75) is 63.9 Å². The van der Waals surface area contributed by atoms with Crippen molar-refractivity contribution in [1.82, 2.24) is 19.7 Å². The third-order valence-corrected chi connectivity index (χ3v) is 7.40. The first kappa shape index (κ1) is 30.8. The number of fused-ring (bicyclic) bond motifs is 1. The lowest BCUT2D eigenvalue weighted by atomic mass is 9.94. The third kappa shape index (κ3) is 7.89. The molecule has 0 amide bonds. The number of halogens is 1. The van der Waals surface area contributed by atoms with Gasteiger partial charge < -0.3 is 24.7 Å². The predicted molar refractivity (Wildman–Crippen MR) is 138 cm³/mol. The second-order valence-corrected chi connectivity index (χ2v) is 10.6. The Morgan fingerprint density at radius 3 is 2.64 bits per heavy atom. The number of nitrogens with zero attached hydrogens (tertiary/aromatic N) is 3. The van der Waals surface area contributed by atoms with Gasteiger partial charge in [-0.15, -0.1) is 4.52 Å². The number of nitrogen functional groups attached to an aromatic ring is 1. The summed E-state index contributed by atoms with van der Waals surface area (Å²) in [4.78, 5) is 28.9. The molecule has 0 radical (unpaired) electrons. The molecule has 2 aromatic heterocycles. The molecule has 3 N–H and O–H groups in total. The lowest BCUT2D eigenvalue weighted by Gasteiger charge is -2.35. The Labute approximate surface area is 226 Å². The maximum Gasteiger partial charge on any atom is 0.613 e. The van der Waals surface area contributed by atoms with Crippen LogP contribution in [-0.4, -0.2) is 84.0 Å². The molecule has 1 fully saturated rings. The van der Waals surface area contributed by atoms with E-state index in [1.807, 2.05) is 0 Å². The van der Waals surface area contributed by atoms with E-state index in [0.717, 1.165) is 0 Å². The van der Waals surface area contributed by atoms with Crippen LogP contribution in [0.25, 0.3) is 5.52 Å². The maximum absolute atomic E-state index is 14.7. The quantitative estimate of drug-likeness (QED) is 0.251. The molecule has 2 aromatic rings. The molecular formula is C24H36FN5O8P+. The molecule has 0 saturated carbocycles. The van der Waals surface area contributed by atoms with Crippen molar-refractivity contribution in [3.63, 3.8) is 0 Å². The smallest absolute Gasteiger partial charge is 0.461 e. The average Bonchev–Trinajstić information content (AvgIpc) is 3.33. The lowest BCUT2D eigenvalue weighted by molar-refractivity contribution is -0.181. The van der Waals surface area contributed by atoms with E-state index in [4.69, 9.17) is 29.2 Å². The summed E-state index contributed by atoms with van der Waals surface area (Å²) >= 11 is 0. The molecule has 0 bridgehead atoms. The van der Waals surface area contributed by atoms with Gasteiger partial charge >= 0.3 is 20.1 Å². The molecule has 1 aliphatic rings. The van der Waals surface area contributed by atoms with Crippen LogP contribution in [-0.2, 0) is 44.0 Å². The fourth-order valence-corrected chi connectivity index (χ4v) is 4.73. The first-order valence-electron chi connectivity index (χ1n) is 12.6. The molecule has 3 heterocycles. The molecule has 216 valence electrons. The van der Waals surface area contributed by atoms with Gasteiger partial charge in [-0.2, -0.15) is 5.10 Å². The fraction of sp³-hybridized carbons (Fsp3) is 0.667. The van der Waals surface area contributed by atoms with Crippen molar-refractivity contribution in [2.24, 2.45) is 5.92 Å². The second kappa shape index (κ2) is 14.0. The Balaban J connectivity index is 1.72. The SMILES string of the molecule is CO[C@](CF)(CO[P+](=O)N[C@@H](C)C(=O)OC1CCOCC1)[C@H](Cc1ccc2c(N)ncnn12)OC(=O)C(C)C. The maximum atomic E-state index is 14.7. The van der Waals surface area contributed by atoms with E-state index in [-0.39, 0.29) is 18.3 Å². The summed E-state index contributed by atoms with van der Waals surface area (Å²) in [5, 5.41) is 6.70. The molecule has 0 aromatic carbocycles. The summed E-state index contributed by atoms with van der Waals surface area (Å²) < 4.78 is 56.1. The van der Waals surface area contributed by atoms with Gasteiger partial charge in [0.15, 0.2) is 11.4 Å². The molecule has 0 aliphatic carbocycles. The molecule has 13 nitrogen and oxygen atoms in total. The van der Waals surface area contributed by atoms with E-state index in [1.165, 1.54) is 24.9 Å². The molecule has 3 rings (SSSR count). The minimum absolute atomic E-state index is 0.0256. The Bertz CT molecular complexity index is 1140. The van der Waals surface area contributed by atoms with Crippen LogP contribution in [0.5, 0.6) is 0 Å². The molecule has 39 heavy (non-hydrogen) atoms. The zero-order valence-corrected chi connectivity index (χ0v) is 23.4. The summed E-state index contributed by atoms with van der Waals surface area (Å²) in [6, 6.07) is 2.43. The first-order valence-corrected chi connectivity index (χ1v) is 13.8. The topological polar surface area (TPSA) is 166 Å². The number of nitrogens with two attached hydrogens (primary N) is 1. The van der Waals surface area contributed by atoms with E-state index >= 15 is 0 Å². The van der Waals surface area contributed by atoms with Gasteiger partial charge in [-0.3, -0.25) is 9.59 Å². The first-order chi connectivity index (χ1) is 18.6. The standard InChI is InChI=1S/C24H36FN5O8P/c1-15(2)22(31)38-20(11-17-5-6-19-21(26)27-14-28-30(17)19)24(12-25,34-4)13-36-39(33)29-16(3)23(32)37-18-7-9-35-10-8-18/h5-6,14-16,18,20H,7-13H2,1-4H3,(H,29,33)(H2,26,27,28)/q+1/t16-,20-,24+/m0/s1. The highest BCUT2D eigenvalue weighted by atomic mass is 31.1. The number of anilines is 1. The van der Waals surface area contributed by atoms with Crippen molar-refractivity contribution in [2.75, 3.05) is 39.3 Å². The van der Waals surface area contributed by atoms with Crippen LogP contribution in [0.1, 0.15) is 39.3 Å². The second-order valence-electron chi connectivity index (χ2n) is 9.58. The van der Waals surface area contributed by atoms with Crippen LogP contribution in [0, 0.1) is 5.92 Å². The zero-order chi connectivity index (χ0) is 28.6. The number of esters is 2. The summed E-state index contributed by atoms with van der Waals surface area (Å²) in [5.41, 5.74) is 5.15. The van der Waals surface area contributed by atoms with Crippen molar-refractivity contribution in [3.8, 4) is 0 Å². The summed E-state index contributed by atoms with van der Waals surface area (Å²) in [6.07, 6.45) is 0.940. The van der Waals surface area contributed by atoms with Crippen LogP contribution in [0.4, 0.5) is 10.2 Å². The van der Waals surface area contributed by atoms with Crippen molar-refractivity contribution >= 4 is 31.5 Å². The van der Waals surface area contributed by atoms with Crippen molar-refractivity contribution in [1.29, 1.82) is 0 Å². The van der Waals surface area contributed by atoms with Gasteiger partial charge in [-0.25, -0.2) is 13.9 Å². The number of aromatic nitrogens is 3. The highest BCUT2D eigenvalue weighted by Gasteiger charge is 2.46. The lowest BCUT2D eigenvalue weighted by Crippen LogP contribution is -2.53. The Morgan fingerprint density at radius 2 is 2.00 bits per heavy atom. The average molecular weight is 573 g/mol. The monoisotopic (exact) mass is 572 g/mol. The molecule has 1 saturated heterocycles. The Kier molecular flexibility index (Phi) is 11.1. The van der Waals surface area contributed by atoms with Crippen LogP contribution in [0.2, 0.25) is 0 Å². The zero-order valence-electron chi connectivity index (χ0n) is 22.5. The van der Waals surface area contributed by atoms with Crippen molar-refractivity contribution < 1.29 is 42.0 Å². The van der Waals surface area contributed by atoms with E-state index in [9.17, 15) is 18.5 Å². The Morgan fingerprint density at radius 1 is 1.28 bits per heavy atom. The van der Waals surface area contributed by atoms with Gasteiger partial charge in [0, 0.05) is 32.1 Å². The number of carbonyl (C=O) groups excluding carboxylic acids is 2. The molecular weight excluding hydrogens is 536 g/mol. The molecule has 15 heteroatoms. The third-order valence-electron chi connectivity index (χ3n) is 6.43. The minimum Gasteiger partial charge on any atom is -0.461 e. The van der Waals surface area contributed by atoms with Crippen LogP contribution < -0.4 is 10.8 Å². The molecule has 1 aliphatic heterocycles. The predicted octanol–water partition coefficient (Wildman–Crippen LogP) is 2.15. The van der Waals surface area contributed by atoms with Crippen molar-refractivity contribution in [3.05, 3.63) is 24.2 Å². The van der Waals surface area contributed by atoms with E-state index < -0.39 is 57.1 Å². The molecule has 1 unspecified atom stereocenters. The number of carbonyl (C=O) groups is 2. The number of hydrogen-bond donors (Lipinski definition) is 2. The highest BCUT2D eigenvalue weighted by molar-refractivity contribution is 7.36. The number of alkyl halides is 1. The highest BCUT2D eigenvalue weighted by Crippen LogP contribution is 2.30. The number of hydrogen-bond acceptors (Lipinski definition) is 11. The summed E-state index contributed by atoms with van der Waals surface area (Å²) in [7, 11) is -1.41. The van der Waals surface area contributed by atoms with Gasteiger partial charge in [-0.1, -0.05) is 18.9 Å². The number of methoxy groups -OCH3 is 1. The van der Waals surface area contributed by atoms with Crippen LogP contribution in [0.3, 0.4) is 0 Å². The minimum atomic E-state index is -2.65. The van der Waals surface area contributed by atoms with Crippen LogP contribution >= 0.6 is 8.18 Å². The van der Waals surface area contributed by atoms with Crippen LogP contribution in [0.15, 0.2) is 18.5 Å². The van der Waals surface area contributed by atoms with Gasteiger partial charge in [0.2, 0.25) is 0 Å². The molecule has 4 atom stereocenters. The van der Waals surface area contributed by atoms with E-state index in [2.05, 4.69) is 15.2 Å². The van der Waals surface area contributed by atoms with Gasteiger partial charge in [-0.05, 0) is 23.6 Å². The normalized spacial score (nSPS) is 17.9. The Hall–Kier alpha value is -2.77. The summed E-state index contributed by atoms with van der Waals surface area (Å²) in [5.74, 6) is -1.45. The number of rotatable bonds is 14. The molecule has 0 spiro atoms.